The summed E-state index contributed by atoms with van der Waals surface area (Å²) in [5.41, 5.74) is 0. The average Bonchev–Trinajstić information content (AvgIpc) is 2.39. The van der Waals surface area contributed by atoms with Crippen LogP contribution in [0.2, 0.25) is 0 Å². The molecule has 0 rings (SSSR count). The molecule has 0 fully saturated rings. The second-order valence-corrected chi connectivity index (χ2v) is 4.64. The maximum absolute atomic E-state index is 11.9. The normalized spacial score (nSPS) is 11.7. The fourth-order valence-electron chi connectivity index (χ4n) is 1.49. The topological polar surface area (TPSA) is 83.9 Å². The second-order valence-electron chi connectivity index (χ2n) is 4.27. The molecule has 0 aromatic carbocycles. The maximum atomic E-state index is 11.9. The van der Waals surface area contributed by atoms with Crippen LogP contribution in [-0.4, -0.2) is 53.8 Å². The van der Waals surface area contributed by atoms with E-state index in [0.717, 1.165) is 0 Å². The molecule has 0 heterocycles. The molecule has 0 aliphatic rings. The van der Waals surface area contributed by atoms with Crippen molar-refractivity contribution in [3.8, 4) is 0 Å². The molecule has 110 valence electrons. The molecular weight excluding hydrogens is 270 g/mol. The molecule has 1 unspecified atom stereocenters. The summed E-state index contributed by atoms with van der Waals surface area (Å²) in [6.07, 6.45) is 1.40. The first-order chi connectivity index (χ1) is 8.92. The SMILES string of the molecule is COC(=O)CCCCN(CC(=O)O)C(=O)C(C)CS. The number of carboxylic acid groups (broad SMARTS) is 1. The third-order valence-corrected chi connectivity index (χ3v) is 3.17. The van der Waals surface area contributed by atoms with E-state index in [-0.39, 0.29) is 30.8 Å². The van der Waals surface area contributed by atoms with Crippen LogP contribution in [0.1, 0.15) is 26.2 Å². The number of aliphatic carboxylic acids is 1. The van der Waals surface area contributed by atoms with Gasteiger partial charge in [0.15, 0.2) is 0 Å². The molecule has 6 nitrogen and oxygen atoms in total. The molecule has 0 saturated carbocycles. The first-order valence-electron chi connectivity index (χ1n) is 6.10. The standard InChI is InChI=1S/C12H21NO5S/c1-9(8-19)12(17)13(7-10(14)15)6-4-3-5-11(16)18-2/h9,19H,3-8H2,1-2H3,(H,14,15). The summed E-state index contributed by atoms with van der Waals surface area (Å²) in [7, 11) is 1.32. The van der Waals surface area contributed by atoms with Crippen LogP contribution in [0.25, 0.3) is 0 Å². The van der Waals surface area contributed by atoms with Gasteiger partial charge in [-0.25, -0.2) is 0 Å². The Kier molecular flexibility index (Phi) is 9.03. The van der Waals surface area contributed by atoms with Crippen molar-refractivity contribution < 1.29 is 24.2 Å². The quantitative estimate of drug-likeness (QED) is 0.373. The van der Waals surface area contributed by atoms with E-state index in [1.165, 1.54) is 12.0 Å². The van der Waals surface area contributed by atoms with Gasteiger partial charge in [-0.2, -0.15) is 12.6 Å². The van der Waals surface area contributed by atoms with Crippen LogP contribution in [0.5, 0.6) is 0 Å². The molecule has 1 N–H and O–H groups in total. The number of carboxylic acids is 1. The Bertz CT molecular complexity index is 321. The predicted octanol–water partition coefficient (Wildman–Crippen LogP) is 0.809. The van der Waals surface area contributed by atoms with E-state index in [0.29, 0.717) is 25.1 Å². The van der Waals surface area contributed by atoms with Crippen LogP contribution >= 0.6 is 12.6 Å². The summed E-state index contributed by atoms with van der Waals surface area (Å²) in [5, 5.41) is 8.78. The average molecular weight is 291 g/mol. The van der Waals surface area contributed by atoms with E-state index in [1.54, 1.807) is 6.92 Å². The van der Waals surface area contributed by atoms with Gasteiger partial charge in [0, 0.05) is 24.6 Å². The van der Waals surface area contributed by atoms with E-state index < -0.39 is 5.97 Å². The van der Waals surface area contributed by atoms with E-state index in [2.05, 4.69) is 17.4 Å². The number of hydrogen-bond acceptors (Lipinski definition) is 5. The lowest BCUT2D eigenvalue weighted by Crippen LogP contribution is -2.40. The van der Waals surface area contributed by atoms with Crippen molar-refractivity contribution in [1.29, 1.82) is 0 Å². The lowest BCUT2D eigenvalue weighted by Gasteiger charge is -2.23. The first-order valence-corrected chi connectivity index (χ1v) is 6.73. The van der Waals surface area contributed by atoms with Crippen LogP contribution in [0.3, 0.4) is 0 Å². The molecule has 7 heteroatoms. The van der Waals surface area contributed by atoms with Crippen LogP contribution < -0.4 is 0 Å². The summed E-state index contributed by atoms with van der Waals surface area (Å²) in [6, 6.07) is 0. The number of carbonyl (C=O) groups is 3. The summed E-state index contributed by atoms with van der Waals surface area (Å²) in [4.78, 5) is 34.8. The van der Waals surface area contributed by atoms with Gasteiger partial charge in [-0.05, 0) is 12.8 Å². The predicted molar refractivity (Wildman–Crippen MR) is 73.1 cm³/mol. The smallest absolute Gasteiger partial charge is 0.323 e. The van der Waals surface area contributed by atoms with Gasteiger partial charge in [0.05, 0.1) is 7.11 Å². The van der Waals surface area contributed by atoms with Crippen molar-refractivity contribution in [3.63, 3.8) is 0 Å². The molecule has 1 atom stereocenters. The number of carbonyl (C=O) groups excluding carboxylic acids is 2. The molecule has 0 aliphatic carbocycles. The third-order valence-electron chi connectivity index (χ3n) is 2.62. The number of ether oxygens (including phenoxy) is 1. The molecule has 0 aliphatic heterocycles. The number of esters is 1. The van der Waals surface area contributed by atoms with E-state index in [1.807, 2.05) is 0 Å². The number of unbranched alkanes of at least 4 members (excludes halogenated alkanes) is 1. The number of nitrogens with zero attached hydrogens (tertiary/aromatic N) is 1. The zero-order valence-corrected chi connectivity index (χ0v) is 12.2. The number of hydrogen-bond donors (Lipinski definition) is 2. The lowest BCUT2D eigenvalue weighted by molar-refractivity contribution is -0.146. The zero-order valence-electron chi connectivity index (χ0n) is 11.3. The Balaban J connectivity index is 4.24. The van der Waals surface area contributed by atoms with Gasteiger partial charge in [-0.15, -0.1) is 0 Å². The van der Waals surface area contributed by atoms with Crippen molar-refractivity contribution >= 4 is 30.5 Å². The molecule has 19 heavy (non-hydrogen) atoms. The fraction of sp³-hybridized carbons (Fsp3) is 0.750. The second kappa shape index (κ2) is 9.66. The molecule has 0 aromatic rings. The Labute approximate surface area is 118 Å². The fourth-order valence-corrected chi connectivity index (χ4v) is 1.65. The number of amides is 1. The van der Waals surface area contributed by atoms with E-state index >= 15 is 0 Å². The van der Waals surface area contributed by atoms with Crippen LogP contribution in [0, 0.1) is 5.92 Å². The van der Waals surface area contributed by atoms with E-state index in [9.17, 15) is 14.4 Å². The molecule has 1 amide bonds. The highest BCUT2D eigenvalue weighted by atomic mass is 32.1. The minimum atomic E-state index is -1.05. The molecule has 0 spiro atoms. The van der Waals surface area contributed by atoms with Gasteiger partial charge in [0.2, 0.25) is 5.91 Å². The zero-order chi connectivity index (χ0) is 14.8. The summed E-state index contributed by atoms with van der Waals surface area (Å²) in [5.74, 6) is -1.52. The van der Waals surface area contributed by atoms with Crippen molar-refractivity contribution in [3.05, 3.63) is 0 Å². The van der Waals surface area contributed by atoms with Crippen molar-refractivity contribution in [1.82, 2.24) is 4.90 Å². The van der Waals surface area contributed by atoms with Crippen molar-refractivity contribution in [2.75, 3.05) is 26.0 Å². The van der Waals surface area contributed by atoms with Gasteiger partial charge in [0.1, 0.15) is 6.54 Å². The Morgan fingerprint density at radius 2 is 1.95 bits per heavy atom. The molecule has 0 saturated heterocycles. The molecular formula is C12H21NO5S. The highest BCUT2D eigenvalue weighted by Crippen LogP contribution is 2.07. The lowest BCUT2D eigenvalue weighted by atomic mass is 10.1. The number of thiol groups is 1. The Hall–Kier alpha value is -1.24. The Morgan fingerprint density at radius 3 is 2.42 bits per heavy atom. The molecule has 0 bridgehead atoms. The number of rotatable bonds is 9. The van der Waals surface area contributed by atoms with Gasteiger partial charge in [0.25, 0.3) is 0 Å². The number of methoxy groups -OCH3 is 1. The van der Waals surface area contributed by atoms with Crippen LogP contribution in [0.15, 0.2) is 0 Å². The Morgan fingerprint density at radius 1 is 1.32 bits per heavy atom. The molecule has 0 radical (unpaired) electrons. The van der Waals surface area contributed by atoms with Gasteiger partial charge < -0.3 is 14.7 Å². The van der Waals surface area contributed by atoms with Crippen LogP contribution in [0.4, 0.5) is 0 Å². The van der Waals surface area contributed by atoms with Gasteiger partial charge in [-0.3, -0.25) is 14.4 Å². The van der Waals surface area contributed by atoms with E-state index in [4.69, 9.17) is 5.11 Å². The highest BCUT2D eigenvalue weighted by Gasteiger charge is 2.21. The monoisotopic (exact) mass is 291 g/mol. The van der Waals surface area contributed by atoms with Crippen molar-refractivity contribution in [2.24, 2.45) is 5.92 Å². The minimum absolute atomic E-state index is 0.226. The molecule has 0 aromatic heterocycles. The summed E-state index contributed by atoms with van der Waals surface area (Å²) >= 11 is 4.03. The maximum Gasteiger partial charge on any atom is 0.323 e. The summed E-state index contributed by atoms with van der Waals surface area (Å²) in [6.45, 7) is 1.70. The van der Waals surface area contributed by atoms with Crippen LogP contribution in [-0.2, 0) is 19.1 Å². The minimum Gasteiger partial charge on any atom is -0.480 e. The first kappa shape index (κ1) is 17.8. The highest BCUT2D eigenvalue weighted by molar-refractivity contribution is 7.80. The summed E-state index contributed by atoms with van der Waals surface area (Å²) < 4.78 is 4.50. The third kappa shape index (κ3) is 7.71. The van der Waals surface area contributed by atoms with Gasteiger partial charge >= 0.3 is 11.9 Å². The van der Waals surface area contributed by atoms with Gasteiger partial charge in [-0.1, -0.05) is 6.92 Å². The van der Waals surface area contributed by atoms with Crippen molar-refractivity contribution in [2.45, 2.75) is 26.2 Å². The largest absolute Gasteiger partial charge is 0.480 e.